The summed E-state index contributed by atoms with van der Waals surface area (Å²) in [5.74, 6) is 0.947. The van der Waals surface area contributed by atoms with Crippen LogP contribution in [0.5, 0.6) is 0 Å². The number of hydrogen-bond acceptors (Lipinski definition) is 14. The van der Waals surface area contributed by atoms with Crippen LogP contribution in [0.2, 0.25) is 0 Å². The van der Waals surface area contributed by atoms with Crippen LogP contribution in [0.25, 0.3) is 0 Å². The van der Waals surface area contributed by atoms with E-state index < -0.39 is 0 Å². The van der Waals surface area contributed by atoms with Crippen molar-refractivity contribution in [1.29, 1.82) is 0 Å². The van der Waals surface area contributed by atoms with Crippen LogP contribution in [-0.2, 0) is 41.7 Å². The lowest BCUT2D eigenvalue weighted by atomic mass is 10.2. The van der Waals surface area contributed by atoms with Crippen molar-refractivity contribution in [3.63, 3.8) is 0 Å². The minimum absolute atomic E-state index is 0.0986. The van der Waals surface area contributed by atoms with Gasteiger partial charge in [0.2, 0.25) is 12.8 Å². The molecule has 2 rings (SSSR count). The monoisotopic (exact) mass is 702 g/mol. The predicted octanol–water partition coefficient (Wildman–Crippen LogP) is 4.98. The molecule has 262 valence electrons. The lowest BCUT2D eigenvalue weighted by molar-refractivity contribution is -0.144. The second-order valence-electron chi connectivity index (χ2n) is 10.7. The van der Waals surface area contributed by atoms with Crippen molar-refractivity contribution < 1.29 is 28.7 Å². The smallest absolute Gasteiger partial charge is 0.305 e. The molecule has 0 fully saturated rings. The van der Waals surface area contributed by atoms with Crippen LogP contribution in [0.1, 0.15) is 89.0 Å². The molecule has 16 heteroatoms. The molecule has 48 heavy (non-hydrogen) atoms. The van der Waals surface area contributed by atoms with Gasteiger partial charge in [0.1, 0.15) is 23.3 Å². The van der Waals surface area contributed by atoms with Gasteiger partial charge in [-0.25, -0.2) is 19.9 Å². The van der Waals surface area contributed by atoms with Gasteiger partial charge < -0.3 is 30.7 Å². The number of rotatable bonds is 21. The summed E-state index contributed by atoms with van der Waals surface area (Å²) in [6.45, 7) is 11.3. The number of nitrogens with two attached hydrogens (primary N) is 2. The zero-order chi connectivity index (χ0) is 35.6. The number of aromatic nitrogens is 4. The van der Waals surface area contributed by atoms with Crippen molar-refractivity contribution in [2.75, 3.05) is 24.7 Å². The van der Waals surface area contributed by atoms with E-state index in [0.29, 0.717) is 85.5 Å². The Morgan fingerprint density at radius 3 is 1.42 bits per heavy atom. The number of nitrogen functional groups attached to an aromatic ring is 2. The van der Waals surface area contributed by atoms with Gasteiger partial charge in [0.15, 0.2) is 0 Å². The third-order valence-electron chi connectivity index (χ3n) is 6.98. The maximum Gasteiger partial charge on any atom is 0.305 e. The minimum atomic E-state index is -0.310. The van der Waals surface area contributed by atoms with Gasteiger partial charge >= 0.3 is 11.9 Å². The molecule has 2 aromatic heterocycles. The molecular formula is C32H46N8O6S2. The fourth-order valence-electron chi connectivity index (χ4n) is 4.16. The molecule has 0 aliphatic heterocycles. The van der Waals surface area contributed by atoms with Crippen molar-refractivity contribution in [1.82, 2.24) is 29.7 Å². The first-order valence-electron chi connectivity index (χ1n) is 15.6. The Bertz CT molecular complexity index is 1380. The fraction of sp³-hybridized carbons (Fsp3) is 0.500. The molecule has 0 aliphatic rings. The Morgan fingerprint density at radius 2 is 1.10 bits per heavy atom. The summed E-state index contributed by atoms with van der Waals surface area (Å²) in [5, 5.41) is 0. The second kappa shape index (κ2) is 20.9. The van der Waals surface area contributed by atoms with Gasteiger partial charge in [-0.05, 0) is 40.5 Å². The Balaban J connectivity index is 2.45. The second-order valence-corrected chi connectivity index (χ2v) is 13.1. The van der Waals surface area contributed by atoms with Crippen molar-refractivity contribution in [3.05, 3.63) is 56.4 Å². The van der Waals surface area contributed by atoms with Gasteiger partial charge in [-0.1, -0.05) is 35.4 Å². The topological polar surface area (TPSA) is 197 Å². The molecule has 0 aliphatic carbocycles. The number of anilines is 2. The van der Waals surface area contributed by atoms with Gasteiger partial charge in [0, 0.05) is 70.4 Å². The van der Waals surface area contributed by atoms with Crippen molar-refractivity contribution in [2.45, 2.75) is 93.2 Å². The van der Waals surface area contributed by atoms with E-state index in [9.17, 15) is 19.2 Å². The number of esters is 2. The molecule has 4 N–H and O–H groups in total. The zero-order valence-electron chi connectivity index (χ0n) is 28.5. The van der Waals surface area contributed by atoms with Crippen LogP contribution in [0.3, 0.4) is 0 Å². The van der Waals surface area contributed by atoms with E-state index in [2.05, 4.69) is 19.9 Å². The number of hydrogen-bond donors (Lipinski definition) is 2. The predicted molar refractivity (Wildman–Crippen MR) is 187 cm³/mol. The van der Waals surface area contributed by atoms with Crippen LogP contribution >= 0.6 is 21.6 Å². The summed E-state index contributed by atoms with van der Waals surface area (Å²) in [6, 6.07) is 0. The summed E-state index contributed by atoms with van der Waals surface area (Å²) >= 11 is 0. The summed E-state index contributed by atoms with van der Waals surface area (Å²) in [7, 11) is 2.70. The molecule has 2 aromatic rings. The van der Waals surface area contributed by atoms with Gasteiger partial charge in [0.25, 0.3) is 0 Å². The zero-order valence-corrected chi connectivity index (χ0v) is 30.1. The number of carbonyl (C=O) groups is 4. The van der Waals surface area contributed by atoms with Gasteiger partial charge in [0.05, 0.1) is 26.3 Å². The quantitative estimate of drug-likeness (QED) is 0.100. The van der Waals surface area contributed by atoms with Crippen molar-refractivity contribution in [3.8, 4) is 0 Å². The maximum absolute atomic E-state index is 12.3. The lowest BCUT2D eigenvalue weighted by Crippen LogP contribution is -2.22. The van der Waals surface area contributed by atoms with Gasteiger partial charge in [-0.15, -0.1) is 0 Å². The highest BCUT2D eigenvalue weighted by Gasteiger charge is 2.19. The standard InChI is InChI=1S/C32H46N8O6S2/c1-7-9-29(43)45-13-11-27(21(3)39(19-41)17-25-15-35-23(5)37-31(25)33)47-48-28(12-14-46-30(44)10-8-2)22(4)40(20-42)18-26-16-36-24(6)38-32(26)34/h15-16,19-20H,7-14,17-18H2,1-6H3,(H2,33,35,37)(H2,34,36,38)/b27-21+,28-22+. The van der Waals surface area contributed by atoms with Gasteiger partial charge in [-0.2, -0.15) is 0 Å². The van der Waals surface area contributed by atoms with Crippen molar-refractivity contribution in [2.24, 2.45) is 0 Å². The molecular weight excluding hydrogens is 657 g/mol. The summed E-state index contributed by atoms with van der Waals surface area (Å²) in [5.41, 5.74) is 14.6. The molecule has 0 saturated carbocycles. The molecule has 2 heterocycles. The third-order valence-corrected chi connectivity index (χ3v) is 9.92. The molecule has 2 amide bonds. The number of aryl methyl sites for hydroxylation is 2. The van der Waals surface area contributed by atoms with E-state index in [1.54, 1.807) is 40.1 Å². The lowest BCUT2D eigenvalue weighted by Gasteiger charge is -2.24. The largest absolute Gasteiger partial charge is 0.465 e. The minimum Gasteiger partial charge on any atom is -0.465 e. The number of amides is 2. The van der Waals surface area contributed by atoms with Crippen LogP contribution in [0.4, 0.5) is 11.6 Å². The fourth-order valence-corrected chi connectivity index (χ4v) is 7.00. The van der Waals surface area contributed by atoms with Gasteiger partial charge in [-0.3, -0.25) is 19.2 Å². The molecule has 0 radical (unpaired) electrons. The highest BCUT2D eigenvalue weighted by molar-refractivity contribution is 8.79. The number of carbonyl (C=O) groups excluding carboxylic acids is 4. The molecule has 0 bridgehead atoms. The van der Waals surface area contributed by atoms with E-state index in [-0.39, 0.29) is 49.9 Å². The van der Waals surface area contributed by atoms with Crippen molar-refractivity contribution >= 4 is 58.0 Å². The van der Waals surface area contributed by atoms with E-state index in [1.165, 1.54) is 31.4 Å². The van der Waals surface area contributed by atoms with Crippen LogP contribution < -0.4 is 11.5 Å². The highest BCUT2D eigenvalue weighted by Crippen LogP contribution is 2.43. The average molecular weight is 703 g/mol. The van der Waals surface area contributed by atoms with Crippen LogP contribution in [-0.4, -0.2) is 67.7 Å². The molecule has 0 atom stereocenters. The Labute approximate surface area is 289 Å². The number of nitrogens with zero attached hydrogens (tertiary/aromatic N) is 6. The molecule has 0 saturated heterocycles. The van der Waals surface area contributed by atoms with E-state index >= 15 is 0 Å². The Hall–Kier alpha value is -4.18. The number of allylic oxidation sites excluding steroid dienone is 2. The summed E-state index contributed by atoms with van der Waals surface area (Å²) < 4.78 is 10.9. The SMILES string of the molecule is CCCC(=O)OCC/C(SS/C(CCOC(=O)CCC)=C(\C)N(C=O)Cc1cnc(C)nc1N)=C(/C)N(C=O)Cc1cnc(C)nc1N. The van der Waals surface area contributed by atoms with E-state index in [0.717, 1.165) is 9.81 Å². The first kappa shape index (κ1) is 40.0. The Morgan fingerprint density at radius 1 is 0.729 bits per heavy atom. The summed E-state index contributed by atoms with van der Waals surface area (Å²) in [6.07, 6.45) is 7.11. The highest BCUT2D eigenvalue weighted by atomic mass is 33.1. The molecule has 0 aromatic carbocycles. The third kappa shape index (κ3) is 13.1. The molecule has 0 unspecified atom stereocenters. The molecule has 0 spiro atoms. The molecule has 14 nitrogen and oxygen atoms in total. The normalized spacial score (nSPS) is 12.0. The first-order valence-corrected chi connectivity index (χ1v) is 17.7. The number of ether oxygens (including phenoxy) is 2. The van der Waals surface area contributed by atoms with Crippen LogP contribution in [0.15, 0.2) is 33.6 Å². The maximum atomic E-state index is 12.3. The average Bonchev–Trinajstić information content (AvgIpc) is 3.04. The van der Waals surface area contributed by atoms with Crippen LogP contribution in [0, 0.1) is 13.8 Å². The summed E-state index contributed by atoms with van der Waals surface area (Å²) in [4.78, 5) is 70.2. The Kier molecular flexibility index (Phi) is 17.4. The van der Waals surface area contributed by atoms with E-state index in [1.807, 2.05) is 13.8 Å². The first-order chi connectivity index (χ1) is 22.9. The van der Waals surface area contributed by atoms with E-state index in [4.69, 9.17) is 20.9 Å².